The maximum atomic E-state index is 10.6. The fourth-order valence-electron chi connectivity index (χ4n) is 0.548. The maximum absolute atomic E-state index is 10.6. The fourth-order valence-corrected chi connectivity index (χ4v) is 1.81. The molecule has 0 aromatic rings. The van der Waals surface area contributed by atoms with Gasteiger partial charge in [0, 0.05) is 5.75 Å². The summed E-state index contributed by atoms with van der Waals surface area (Å²) in [4.78, 5) is 10.3. The number of hydrogen-bond donors (Lipinski definition) is 0. The SMILES string of the molecule is CCSCC(C=O)OS(C)(=O)=O. The lowest BCUT2D eigenvalue weighted by molar-refractivity contribution is -0.112. The predicted octanol–water partition coefficient (Wildman–Crippen LogP) is 0.283. The third-order valence-corrected chi connectivity index (χ3v) is 2.51. The second kappa shape index (κ2) is 5.55. The van der Waals surface area contributed by atoms with Gasteiger partial charge in [-0.25, -0.2) is 0 Å². The monoisotopic (exact) mass is 212 g/mol. The molecule has 0 aromatic heterocycles. The molecule has 1 unspecified atom stereocenters. The van der Waals surface area contributed by atoms with Crippen LogP contribution < -0.4 is 0 Å². The molecule has 0 saturated carbocycles. The molecule has 0 spiro atoms. The van der Waals surface area contributed by atoms with Gasteiger partial charge in [0.05, 0.1) is 6.26 Å². The molecule has 0 aliphatic heterocycles. The van der Waals surface area contributed by atoms with E-state index in [1.165, 1.54) is 11.8 Å². The quantitative estimate of drug-likeness (QED) is 0.467. The van der Waals surface area contributed by atoms with Gasteiger partial charge in [-0.3, -0.25) is 4.18 Å². The van der Waals surface area contributed by atoms with Crippen molar-refractivity contribution >= 4 is 28.2 Å². The molecule has 0 aliphatic rings. The molecule has 6 heteroatoms. The lowest BCUT2D eigenvalue weighted by atomic mass is 10.5. The Kier molecular flexibility index (Phi) is 5.52. The van der Waals surface area contributed by atoms with E-state index in [1.807, 2.05) is 6.92 Å². The fraction of sp³-hybridized carbons (Fsp3) is 0.833. The first-order valence-corrected chi connectivity index (χ1v) is 6.38. The van der Waals surface area contributed by atoms with Crippen LogP contribution in [0.1, 0.15) is 6.92 Å². The highest BCUT2D eigenvalue weighted by Crippen LogP contribution is 2.05. The average molecular weight is 212 g/mol. The molecule has 0 rings (SSSR count). The Hall–Kier alpha value is -0.0700. The first-order valence-electron chi connectivity index (χ1n) is 3.41. The van der Waals surface area contributed by atoms with Gasteiger partial charge in [-0.1, -0.05) is 6.92 Å². The zero-order valence-electron chi connectivity index (χ0n) is 7.02. The summed E-state index contributed by atoms with van der Waals surface area (Å²) in [5.41, 5.74) is 0. The van der Waals surface area contributed by atoms with Crippen molar-refractivity contribution in [2.75, 3.05) is 17.8 Å². The van der Waals surface area contributed by atoms with Gasteiger partial charge in [-0.05, 0) is 5.75 Å². The van der Waals surface area contributed by atoms with Crippen LogP contribution in [0.15, 0.2) is 0 Å². The molecule has 0 N–H and O–H groups in total. The van der Waals surface area contributed by atoms with Crippen LogP contribution in [0, 0.1) is 0 Å². The summed E-state index contributed by atoms with van der Waals surface area (Å²) < 4.78 is 25.6. The highest BCUT2D eigenvalue weighted by Gasteiger charge is 2.13. The highest BCUT2D eigenvalue weighted by atomic mass is 32.2. The van der Waals surface area contributed by atoms with Gasteiger partial charge in [-0.15, -0.1) is 0 Å². The van der Waals surface area contributed by atoms with Crippen molar-refractivity contribution < 1.29 is 17.4 Å². The van der Waals surface area contributed by atoms with Crippen LogP contribution in [-0.4, -0.2) is 38.6 Å². The van der Waals surface area contributed by atoms with Crippen molar-refractivity contribution in [1.82, 2.24) is 0 Å². The van der Waals surface area contributed by atoms with Crippen LogP contribution in [0.25, 0.3) is 0 Å². The van der Waals surface area contributed by atoms with E-state index in [1.54, 1.807) is 0 Å². The Bertz CT molecular complexity index is 222. The van der Waals surface area contributed by atoms with Crippen LogP contribution in [0.5, 0.6) is 0 Å². The molecule has 0 aromatic carbocycles. The van der Waals surface area contributed by atoms with E-state index in [-0.39, 0.29) is 0 Å². The summed E-state index contributed by atoms with van der Waals surface area (Å²) >= 11 is 1.46. The molecule has 0 amide bonds. The van der Waals surface area contributed by atoms with Crippen molar-refractivity contribution in [2.45, 2.75) is 13.0 Å². The van der Waals surface area contributed by atoms with Gasteiger partial charge in [0.2, 0.25) is 0 Å². The van der Waals surface area contributed by atoms with Gasteiger partial charge < -0.3 is 4.79 Å². The van der Waals surface area contributed by atoms with E-state index >= 15 is 0 Å². The van der Waals surface area contributed by atoms with E-state index in [2.05, 4.69) is 4.18 Å². The van der Waals surface area contributed by atoms with Crippen LogP contribution in [-0.2, 0) is 19.1 Å². The lowest BCUT2D eigenvalue weighted by Crippen LogP contribution is -2.21. The van der Waals surface area contributed by atoms with Gasteiger partial charge in [0.1, 0.15) is 6.10 Å². The Labute approximate surface area is 76.8 Å². The Morgan fingerprint density at radius 1 is 1.58 bits per heavy atom. The van der Waals surface area contributed by atoms with Crippen LogP contribution in [0.4, 0.5) is 0 Å². The summed E-state index contributed by atoms with van der Waals surface area (Å²) in [6.45, 7) is 1.92. The Morgan fingerprint density at radius 2 is 2.17 bits per heavy atom. The van der Waals surface area contributed by atoms with Crippen molar-refractivity contribution in [3.8, 4) is 0 Å². The van der Waals surface area contributed by atoms with Crippen molar-refractivity contribution in [3.63, 3.8) is 0 Å². The molecule has 0 heterocycles. The third-order valence-electron chi connectivity index (χ3n) is 0.936. The molecule has 4 nitrogen and oxygen atoms in total. The smallest absolute Gasteiger partial charge is 0.265 e. The van der Waals surface area contributed by atoms with E-state index in [0.717, 1.165) is 12.0 Å². The topological polar surface area (TPSA) is 60.4 Å². The van der Waals surface area contributed by atoms with E-state index < -0.39 is 16.2 Å². The molecule has 72 valence electrons. The first-order chi connectivity index (χ1) is 5.49. The van der Waals surface area contributed by atoms with Crippen molar-refractivity contribution in [2.24, 2.45) is 0 Å². The number of carbonyl (C=O) groups excluding carboxylic acids is 1. The number of carbonyl (C=O) groups is 1. The summed E-state index contributed by atoms with van der Waals surface area (Å²) in [5, 5.41) is 0. The summed E-state index contributed by atoms with van der Waals surface area (Å²) in [7, 11) is -3.51. The standard InChI is InChI=1S/C6H12O4S2/c1-3-11-5-6(4-7)10-12(2,8)9/h4,6H,3,5H2,1-2H3. The largest absolute Gasteiger partial charge is 0.300 e. The molecule has 0 radical (unpaired) electrons. The summed E-state index contributed by atoms with van der Waals surface area (Å²) in [6, 6.07) is 0. The van der Waals surface area contributed by atoms with Gasteiger partial charge in [-0.2, -0.15) is 20.2 Å². The van der Waals surface area contributed by atoms with Crippen molar-refractivity contribution in [1.29, 1.82) is 0 Å². The number of aldehydes is 1. The second-order valence-electron chi connectivity index (χ2n) is 2.13. The Balaban J connectivity index is 3.92. The predicted molar refractivity (Wildman–Crippen MR) is 48.8 cm³/mol. The molecule has 12 heavy (non-hydrogen) atoms. The zero-order valence-corrected chi connectivity index (χ0v) is 8.65. The normalized spacial score (nSPS) is 14.2. The lowest BCUT2D eigenvalue weighted by Gasteiger charge is -2.07. The minimum Gasteiger partial charge on any atom is -0.300 e. The molecular weight excluding hydrogens is 200 g/mol. The molecular formula is C6H12O4S2. The average Bonchev–Trinajstić information content (AvgIpc) is 1.95. The molecule has 0 bridgehead atoms. The minimum atomic E-state index is -3.51. The summed E-state index contributed by atoms with van der Waals surface area (Å²) in [6.07, 6.45) is 0.592. The van der Waals surface area contributed by atoms with Gasteiger partial charge in [0.25, 0.3) is 10.1 Å². The van der Waals surface area contributed by atoms with E-state index in [4.69, 9.17) is 0 Å². The molecule has 0 aliphatic carbocycles. The number of rotatable bonds is 6. The van der Waals surface area contributed by atoms with Gasteiger partial charge >= 0.3 is 0 Å². The summed E-state index contributed by atoms with van der Waals surface area (Å²) in [5.74, 6) is 1.21. The molecule has 1 atom stereocenters. The van der Waals surface area contributed by atoms with Crippen LogP contribution in [0.2, 0.25) is 0 Å². The first kappa shape index (κ1) is 11.9. The van der Waals surface area contributed by atoms with Crippen molar-refractivity contribution in [3.05, 3.63) is 0 Å². The second-order valence-corrected chi connectivity index (χ2v) is 5.05. The van der Waals surface area contributed by atoms with E-state index in [0.29, 0.717) is 12.0 Å². The number of hydrogen-bond acceptors (Lipinski definition) is 5. The van der Waals surface area contributed by atoms with Crippen LogP contribution in [0.3, 0.4) is 0 Å². The minimum absolute atomic E-state index is 0.382. The van der Waals surface area contributed by atoms with Gasteiger partial charge in [0.15, 0.2) is 6.29 Å². The maximum Gasteiger partial charge on any atom is 0.265 e. The highest BCUT2D eigenvalue weighted by molar-refractivity contribution is 7.99. The van der Waals surface area contributed by atoms with Crippen LogP contribution >= 0.6 is 11.8 Å². The van der Waals surface area contributed by atoms with E-state index in [9.17, 15) is 13.2 Å². The molecule has 0 saturated heterocycles. The Morgan fingerprint density at radius 3 is 2.50 bits per heavy atom. The zero-order chi connectivity index (χ0) is 9.61. The molecule has 0 fully saturated rings. The number of thioether (sulfide) groups is 1. The third kappa shape index (κ3) is 6.63.